The zero-order valence-corrected chi connectivity index (χ0v) is 12.6. The molecule has 1 aromatic rings. The normalized spacial score (nSPS) is 15.0. The molecule has 0 aliphatic heterocycles. The van der Waals surface area contributed by atoms with Crippen LogP contribution in [0.2, 0.25) is 0 Å². The van der Waals surface area contributed by atoms with E-state index >= 15 is 0 Å². The number of aromatic carboxylic acids is 1. The van der Waals surface area contributed by atoms with E-state index in [1.807, 2.05) is 11.8 Å². The summed E-state index contributed by atoms with van der Waals surface area (Å²) in [6.07, 6.45) is 4.44. The molecule has 0 bridgehead atoms. The van der Waals surface area contributed by atoms with Gasteiger partial charge in [0.2, 0.25) is 0 Å². The number of urea groups is 1. The van der Waals surface area contributed by atoms with Crippen LogP contribution in [0.1, 0.15) is 48.5 Å². The van der Waals surface area contributed by atoms with Gasteiger partial charge in [-0.25, -0.2) is 9.59 Å². The number of benzene rings is 1. The highest BCUT2D eigenvalue weighted by Gasteiger charge is 2.25. The number of carboxylic acid groups (broad SMARTS) is 1. The number of anilines is 1. The van der Waals surface area contributed by atoms with E-state index in [-0.39, 0.29) is 11.6 Å². The Balaban J connectivity index is 2.11. The van der Waals surface area contributed by atoms with Crippen molar-refractivity contribution in [2.24, 2.45) is 0 Å². The lowest BCUT2D eigenvalue weighted by Gasteiger charge is -2.27. The van der Waals surface area contributed by atoms with Crippen LogP contribution in [0.25, 0.3) is 0 Å². The molecule has 0 unspecified atom stereocenters. The van der Waals surface area contributed by atoms with Crippen LogP contribution in [0.5, 0.6) is 0 Å². The number of rotatable bonds is 4. The predicted octanol–water partition coefficient (Wildman–Crippen LogP) is 3.49. The topological polar surface area (TPSA) is 69.6 Å². The first-order valence-electron chi connectivity index (χ1n) is 7.44. The Morgan fingerprint density at radius 2 is 2.00 bits per heavy atom. The number of carbonyl (C=O) groups is 2. The number of hydrogen-bond donors (Lipinski definition) is 2. The summed E-state index contributed by atoms with van der Waals surface area (Å²) in [5.74, 6) is -0.980. The standard InChI is InChI=1S/C16H22N2O3/c1-3-18(13-6-4-5-7-13)16(21)17-12-9-8-11(2)14(10-12)15(19)20/h8-10,13H,3-7H2,1-2H3,(H,17,21)(H,19,20). The molecule has 1 fully saturated rings. The molecule has 1 aromatic carbocycles. The lowest BCUT2D eigenvalue weighted by atomic mass is 10.1. The third-order valence-corrected chi connectivity index (χ3v) is 4.09. The van der Waals surface area contributed by atoms with Crippen LogP contribution in [-0.4, -0.2) is 34.6 Å². The summed E-state index contributed by atoms with van der Waals surface area (Å²) in [4.78, 5) is 25.3. The van der Waals surface area contributed by atoms with Crippen molar-refractivity contribution in [3.8, 4) is 0 Å². The molecule has 0 spiro atoms. The molecule has 21 heavy (non-hydrogen) atoms. The third kappa shape index (κ3) is 3.54. The summed E-state index contributed by atoms with van der Waals surface area (Å²) in [7, 11) is 0. The molecule has 5 nitrogen and oxygen atoms in total. The van der Waals surface area contributed by atoms with Crippen molar-refractivity contribution >= 4 is 17.7 Å². The third-order valence-electron chi connectivity index (χ3n) is 4.09. The van der Waals surface area contributed by atoms with Gasteiger partial charge in [-0.05, 0) is 44.4 Å². The van der Waals surface area contributed by atoms with E-state index in [0.717, 1.165) is 12.8 Å². The van der Waals surface area contributed by atoms with Gasteiger partial charge in [-0.2, -0.15) is 0 Å². The Labute approximate surface area is 125 Å². The molecular formula is C16H22N2O3. The smallest absolute Gasteiger partial charge is 0.336 e. The second-order valence-electron chi connectivity index (χ2n) is 5.49. The number of carboxylic acids is 1. The first kappa shape index (κ1) is 15.4. The second kappa shape index (κ2) is 6.61. The zero-order chi connectivity index (χ0) is 15.4. The van der Waals surface area contributed by atoms with Crippen molar-refractivity contribution in [2.45, 2.75) is 45.6 Å². The van der Waals surface area contributed by atoms with Crippen molar-refractivity contribution < 1.29 is 14.7 Å². The summed E-state index contributed by atoms with van der Waals surface area (Å²) >= 11 is 0. The van der Waals surface area contributed by atoms with E-state index in [1.165, 1.54) is 18.9 Å². The van der Waals surface area contributed by atoms with Gasteiger partial charge >= 0.3 is 12.0 Å². The highest BCUT2D eigenvalue weighted by Crippen LogP contribution is 2.24. The van der Waals surface area contributed by atoms with Crippen LogP contribution in [0.4, 0.5) is 10.5 Å². The minimum absolute atomic E-state index is 0.149. The summed E-state index contributed by atoms with van der Waals surface area (Å²) in [6.45, 7) is 4.37. The van der Waals surface area contributed by atoms with Crippen LogP contribution >= 0.6 is 0 Å². The monoisotopic (exact) mass is 290 g/mol. The molecule has 1 aliphatic rings. The minimum atomic E-state index is -0.980. The van der Waals surface area contributed by atoms with E-state index in [4.69, 9.17) is 5.11 Å². The fourth-order valence-corrected chi connectivity index (χ4v) is 2.91. The molecule has 0 heterocycles. The maximum absolute atomic E-state index is 12.4. The maximum atomic E-state index is 12.4. The van der Waals surface area contributed by atoms with E-state index in [0.29, 0.717) is 23.8 Å². The van der Waals surface area contributed by atoms with Crippen LogP contribution in [0, 0.1) is 6.92 Å². The lowest BCUT2D eigenvalue weighted by Crippen LogP contribution is -2.41. The van der Waals surface area contributed by atoms with Gasteiger partial charge in [0.25, 0.3) is 0 Å². The summed E-state index contributed by atoms with van der Waals surface area (Å²) in [5, 5.41) is 11.9. The molecular weight excluding hydrogens is 268 g/mol. The van der Waals surface area contributed by atoms with E-state index in [1.54, 1.807) is 19.1 Å². The highest BCUT2D eigenvalue weighted by atomic mass is 16.4. The Morgan fingerprint density at radius 1 is 1.33 bits per heavy atom. The fraction of sp³-hybridized carbons (Fsp3) is 0.500. The van der Waals surface area contributed by atoms with Gasteiger partial charge < -0.3 is 15.3 Å². The first-order chi connectivity index (χ1) is 10.0. The van der Waals surface area contributed by atoms with Crippen molar-refractivity contribution in [2.75, 3.05) is 11.9 Å². The minimum Gasteiger partial charge on any atom is -0.478 e. The van der Waals surface area contributed by atoms with Crippen LogP contribution in [-0.2, 0) is 0 Å². The van der Waals surface area contributed by atoms with Crippen LogP contribution in [0.15, 0.2) is 18.2 Å². The lowest BCUT2D eigenvalue weighted by molar-refractivity contribution is 0.0696. The summed E-state index contributed by atoms with van der Waals surface area (Å²) in [5.41, 5.74) is 1.43. The molecule has 0 atom stereocenters. The first-order valence-corrected chi connectivity index (χ1v) is 7.44. The summed E-state index contributed by atoms with van der Waals surface area (Å²) < 4.78 is 0. The van der Waals surface area contributed by atoms with Gasteiger partial charge in [0.05, 0.1) is 5.56 Å². The van der Waals surface area contributed by atoms with E-state index in [2.05, 4.69) is 5.32 Å². The fourth-order valence-electron chi connectivity index (χ4n) is 2.91. The quantitative estimate of drug-likeness (QED) is 0.891. The molecule has 1 aliphatic carbocycles. The largest absolute Gasteiger partial charge is 0.478 e. The van der Waals surface area contributed by atoms with Gasteiger partial charge in [0, 0.05) is 18.3 Å². The van der Waals surface area contributed by atoms with Crippen molar-refractivity contribution in [3.63, 3.8) is 0 Å². The molecule has 2 amide bonds. The van der Waals surface area contributed by atoms with E-state index < -0.39 is 5.97 Å². The number of nitrogens with zero attached hydrogens (tertiary/aromatic N) is 1. The van der Waals surface area contributed by atoms with E-state index in [9.17, 15) is 9.59 Å². The zero-order valence-electron chi connectivity index (χ0n) is 12.6. The number of amides is 2. The molecule has 2 N–H and O–H groups in total. The van der Waals surface area contributed by atoms with Gasteiger partial charge in [-0.15, -0.1) is 0 Å². The van der Waals surface area contributed by atoms with Gasteiger partial charge in [-0.1, -0.05) is 18.9 Å². The number of nitrogens with one attached hydrogen (secondary N) is 1. The summed E-state index contributed by atoms with van der Waals surface area (Å²) in [6, 6.07) is 5.12. The number of aryl methyl sites for hydroxylation is 1. The van der Waals surface area contributed by atoms with Crippen molar-refractivity contribution in [1.82, 2.24) is 4.90 Å². The second-order valence-corrected chi connectivity index (χ2v) is 5.49. The molecule has 0 saturated heterocycles. The van der Waals surface area contributed by atoms with Crippen molar-refractivity contribution in [3.05, 3.63) is 29.3 Å². The Morgan fingerprint density at radius 3 is 2.57 bits per heavy atom. The average molecular weight is 290 g/mol. The Bertz CT molecular complexity index is 536. The predicted molar refractivity (Wildman–Crippen MR) is 81.8 cm³/mol. The maximum Gasteiger partial charge on any atom is 0.336 e. The molecule has 5 heteroatoms. The van der Waals surface area contributed by atoms with Gasteiger partial charge in [0.1, 0.15) is 0 Å². The van der Waals surface area contributed by atoms with Gasteiger partial charge in [-0.3, -0.25) is 0 Å². The van der Waals surface area contributed by atoms with Crippen LogP contribution < -0.4 is 5.32 Å². The highest BCUT2D eigenvalue weighted by molar-refractivity contribution is 5.94. The molecule has 114 valence electrons. The molecule has 0 radical (unpaired) electrons. The molecule has 2 rings (SSSR count). The van der Waals surface area contributed by atoms with Crippen molar-refractivity contribution in [1.29, 1.82) is 0 Å². The number of hydrogen-bond acceptors (Lipinski definition) is 2. The van der Waals surface area contributed by atoms with Crippen LogP contribution in [0.3, 0.4) is 0 Å². The van der Waals surface area contributed by atoms with Gasteiger partial charge in [0.15, 0.2) is 0 Å². The average Bonchev–Trinajstić information content (AvgIpc) is 2.95. The molecule has 1 saturated carbocycles. The Kier molecular flexibility index (Phi) is 4.83. The SMILES string of the molecule is CCN(C(=O)Nc1ccc(C)c(C(=O)O)c1)C1CCCC1. The number of carbonyl (C=O) groups excluding carboxylic acids is 1. The Hall–Kier alpha value is -2.04. The molecule has 0 aromatic heterocycles.